The highest BCUT2D eigenvalue weighted by atomic mass is 16.4. The monoisotopic (exact) mass is 382 g/mol. The van der Waals surface area contributed by atoms with E-state index in [2.05, 4.69) is 15.3 Å². The number of carbonyl (C=O) groups is 2. The fourth-order valence-electron chi connectivity index (χ4n) is 3.76. The molecule has 2 saturated carbocycles. The van der Waals surface area contributed by atoms with Gasteiger partial charge in [-0.2, -0.15) is 5.10 Å². The van der Waals surface area contributed by atoms with Gasteiger partial charge < -0.3 is 10.4 Å². The van der Waals surface area contributed by atoms with Crippen molar-refractivity contribution in [3.05, 3.63) is 53.9 Å². The number of carboxylic acid groups (broad SMARTS) is 1. The average Bonchev–Trinajstić information content (AvgIpc) is 3.30. The molecule has 1 aromatic heterocycles. The van der Waals surface area contributed by atoms with E-state index in [1.165, 1.54) is 12.8 Å². The van der Waals surface area contributed by atoms with E-state index >= 15 is 0 Å². The van der Waals surface area contributed by atoms with Crippen LogP contribution < -0.4 is 5.32 Å². The van der Waals surface area contributed by atoms with Crippen molar-refractivity contribution >= 4 is 11.9 Å². The molecule has 7 heteroatoms. The highest BCUT2D eigenvalue weighted by molar-refractivity contribution is 5.94. The van der Waals surface area contributed by atoms with E-state index < -0.39 is 5.97 Å². The SMILES string of the molecule is O=C(O)CN(CC1CC1)C1CC(NC(=O)c2ccc(Cn3cccn3)cc2)C1. The van der Waals surface area contributed by atoms with Crippen molar-refractivity contribution < 1.29 is 14.7 Å². The third kappa shape index (κ3) is 4.78. The van der Waals surface area contributed by atoms with Gasteiger partial charge in [-0.05, 0) is 55.4 Å². The molecule has 148 valence electrons. The number of aliphatic carboxylic acids is 1. The van der Waals surface area contributed by atoms with Crippen molar-refractivity contribution in [3.63, 3.8) is 0 Å². The second-order valence-electron chi connectivity index (χ2n) is 7.96. The molecule has 7 nitrogen and oxygen atoms in total. The summed E-state index contributed by atoms with van der Waals surface area (Å²) >= 11 is 0. The van der Waals surface area contributed by atoms with Crippen LogP contribution in [0.4, 0.5) is 0 Å². The number of carboxylic acids is 1. The minimum absolute atomic E-state index is 0.0685. The summed E-state index contributed by atoms with van der Waals surface area (Å²) in [4.78, 5) is 25.7. The van der Waals surface area contributed by atoms with Crippen LogP contribution in [0.2, 0.25) is 0 Å². The number of nitrogens with one attached hydrogen (secondary N) is 1. The molecule has 1 amide bonds. The van der Waals surface area contributed by atoms with Crippen LogP contribution in [0.5, 0.6) is 0 Å². The fourth-order valence-corrected chi connectivity index (χ4v) is 3.76. The van der Waals surface area contributed by atoms with Crippen LogP contribution in [0.1, 0.15) is 41.6 Å². The molecule has 0 unspecified atom stereocenters. The minimum Gasteiger partial charge on any atom is -0.480 e. The van der Waals surface area contributed by atoms with Crippen LogP contribution in [0.15, 0.2) is 42.7 Å². The largest absolute Gasteiger partial charge is 0.480 e. The van der Waals surface area contributed by atoms with Gasteiger partial charge in [-0.1, -0.05) is 12.1 Å². The zero-order valence-corrected chi connectivity index (χ0v) is 15.8. The molecule has 4 rings (SSSR count). The molecule has 2 N–H and O–H groups in total. The summed E-state index contributed by atoms with van der Waals surface area (Å²) in [7, 11) is 0. The van der Waals surface area contributed by atoms with Gasteiger partial charge in [0.05, 0.1) is 13.1 Å². The van der Waals surface area contributed by atoms with E-state index in [1.807, 2.05) is 41.2 Å². The number of amides is 1. The molecule has 0 spiro atoms. The zero-order chi connectivity index (χ0) is 19.5. The molecule has 0 atom stereocenters. The Kier molecular flexibility index (Phi) is 5.43. The van der Waals surface area contributed by atoms with Gasteiger partial charge in [0, 0.05) is 36.6 Å². The first-order valence-corrected chi connectivity index (χ1v) is 9.90. The summed E-state index contributed by atoms with van der Waals surface area (Å²) in [6, 6.07) is 9.85. The summed E-state index contributed by atoms with van der Waals surface area (Å²) in [5, 5.41) is 16.4. The molecular weight excluding hydrogens is 356 g/mol. The summed E-state index contributed by atoms with van der Waals surface area (Å²) < 4.78 is 1.84. The Morgan fingerprint density at radius 1 is 1.21 bits per heavy atom. The predicted molar refractivity (Wildman–Crippen MR) is 104 cm³/mol. The lowest BCUT2D eigenvalue weighted by molar-refractivity contribution is -0.139. The van der Waals surface area contributed by atoms with Gasteiger partial charge in [0.25, 0.3) is 5.91 Å². The lowest BCUT2D eigenvalue weighted by Crippen LogP contribution is -2.55. The molecular formula is C21H26N4O3. The Morgan fingerprint density at radius 2 is 1.96 bits per heavy atom. The van der Waals surface area contributed by atoms with E-state index in [0.29, 0.717) is 18.0 Å². The average molecular weight is 382 g/mol. The number of aromatic nitrogens is 2. The Bertz CT molecular complexity index is 809. The Hall–Kier alpha value is -2.67. The molecule has 2 aliphatic carbocycles. The van der Waals surface area contributed by atoms with E-state index in [0.717, 1.165) is 24.9 Å². The van der Waals surface area contributed by atoms with Crippen molar-refractivity contribution in [3.8, 4) is 0 Å². The third-order valence-electron chi connectivity index (χ3n) is 5.61. The van der Waals surface area contributed by atoms with Crippen LogP contribution in [-0.4, -0.2) is 56.8 Å². The van der Waals surface area contributed by atoms with Crippen LogP contribution >= 0.6 is 0 Å². The van der Waals surface area contributed by atoms with Crippen molar-refractivity contribution in [2.75, 3.05) is 13.1 Å². The van der Waals surface area contributed by atoms with E-state index in [-0.39, 0.29) is 24.5 Å². The number of hydrogen-bond donors (Lipinski definition) is 2. The Morgan fingerprint density at radius 3 is 2.57 bits per heavy atom. The number of hydrogen-bond acceptors (Lipinski definition) is 4. The second kappa shape index (κ2) is 8.14. The summed E-state index contributed by atoms with van der Waals surface area (Å²) in [5.41, 5.74) is 1.74. The van der Waals surface area contributed by atoms with Crippen LogP contribution in [-0.2, 0) is 11.3 Å². The number of nitrogens with zero attached hydrogens (tertiary/aromatic N) is 3. The predicted octanol–water partition coefficient (Wildman–Crippen LogP) is 1.99. The topological polar surface area (TPSA) is 87.5 Å². The van der Waals surface area contributed by atoms with Crippen LogP contribution in [0, 0.1) is 5.92 Å². The molecule has 0 radical (unpaired) electrons. The van der Waals surface area contributed by atoms with Crippen molar-refractivity contribution in [2.24, 2.45) is 5.92 Å². The van der Waals surface area contributed by atoms with Gasteiger partial charge in [0.1, 0.15) is 0 Å². The molecule has 1 heterocycles. The van der Waals surface area contributed by atoms with Gasteiger partial charge in [-0.15, -0.1) is 0 Å². The molecule has 0 bridgehead atoms. The quantitative estimate of drug-likeness (QED) is 0.693. The summed E-state index contributed by atoms with van der Waals surface area (Å²) in [5.74, 6) is -0.183. The third-order valence-corrected chi connectivity index (χ3v) is 5.61. The maximum absolute atomic E-state index is 12.5. The Labute approximate surface area is 164 Å². The lowest BCUT2D eigenvalue weighted by Gasteiger charge is -2.42. The van der Waals surface area contributed by atoms with Gasteiger partial charge in [0.15, 0.2) is 0 Å². The van der Waals surface area contributed by atoms with Gasteiger partial charge >= 0.3 is 5.97 Å². The Balaban J connectivity index is 1.25. The van der Waals surface area contributed by atoms with Crippen molar-refractivity contribution in [1.82, 2.24) is 20.0 Å². The maximum Gasteiger partial charge on any atom is 0.317 e. The smallest absolute Gasteiger partial charge is 0.317 e. The first-order valence-electron chi connectivity index (χ1n) is 9.90. The number of carbonyl (C=O) groups excluding carboxylic acids is 1. The lowest BCUT2D eigenvalue weighted by atomic mass is 9.85. The van der Waals surface area contributed by atoms with Gasteiger partial charge in [0.2, 0.25) is 0 Å². The van der Waals surface area contributed by atoms with Gasteiger partial charge in [-0.3, -0.25) is 19.2 Å². The molecule has 2 aliphatic rings. The van der Waals surface area contributed by atoms with Crippen molar-refractivity contribution in [1.29, 1.82) is 0 Å². The molecule has 1 aromatic carbocycles. The normalized spacial score (nSPS) is 21.3. The molecule has 2 fully saturated rings. The minimum atomic E-state index is -0.775. The highest BCUT2D eigenvalue weighted by Gasteiger charge is 2.37. The number of rotatable bonds is 9. The van der Waals surface area contributed by atoms with E-state index in [9.17, 15) is 9.59 Å². The highest BCUT2D eigenvalue weighted by Crippen LogP contribution is 2.33. The zero-order valence-electron chi connectivity index (χ0n) is 15.8. The van der Waals surface area contributed by atoms with Crippen LogP contribution in [0.3, 0.4) is 0 Å². The molecule has 28 heavy (non-hydrogen) atoms. The van der Waals surface area contributed by atoms with Crippen molar-refractivity contribution in [2.45, 2.75) is 44.3 Å². The summed E-state index contributed by atoms with van der Waals surface area (Å²) in [6.07, 6.45) is 7.71. The molecule has 0 saturated heterocycles. The van der Waals surface area contributed by atoms with Crippen LogP contribution in [0.25, 0.3) is 0 Å². The standard InChI is InChI=1S/C21H26N4O3/c26-20(27)14-24(12-15-2-3-15)19-10-18(11-19)23-21(28)17-6-4-16(5-7-17)13-25-9-1-8-22-25/h1,4-9,15,18-19H,2-3,10-14H2,(H,23,28)(H,26,27). The number of benzene rings is 1. The van der Waals surface area contributed by atoms with E-state index in [1.54, 1.807) is 6.20 Å². The molecule has 2 aromatic rings. The first kappa shape index (κ1) is 18.7. The molecule has 0 aliphatic heterocycles. The second-order valence-corrected chi connectivity index (χ2v) is 7.96. The first-order chi connectivity index (χ1) is 13.6. The maximum atomic E-state index is 12.5. The van der Waals surface area contributed by atoms with E-state index in [4.69, 9.17) is 5.11 Å². The fraction of sp³-hybridized carbons (Fsp3) is 0.476. The van der Waals surface area contributed by atoms with Gasteiger partial charge in [-0.25, -0.2) is 0 Å². The summed E-state index contributed by atoms with van der Waals surface area (Å²) in [6.45, 7) is 1.65.